The Morgan fingerprint density at radius 1 is 1.00 bits per heavy atom. The number of hydrogen-bond acceptors (Lipinski definition) is 3. The third-order valence-corrected chi connectivity index (χ3v) is 4.43. The van der Waals surface area contributed by atoms with Gasteiger partial charge in [-0.15, -0.1) is 0 Å². The first-order valence-corrected chi connectivity index (χ1v) is 9.04. The molecule has 0 saturated carbocycles. The Morgan fingerprint density at radius 3 is 2.33 bits per heavy atom. The molecule has 5 nitrogen and oxygen atoms in total. The van der Waals surface area contributed by atoms with Gasteiger partial charge in [-0.1, -0.05) is 23.7 Å². The van der Waals surface area contributed by atoms with E-state index >= 15 is 0 Å². The summed E-state index contributed by atoms with van der Waals surface area (Å²) in [7, 11) is 4.96. The molecular formula is C20H25ClFN3O2. The molecule has 0 aromatic heterocycles. The van der Waals surface area contributed by atoms with Gasteiger partial charge < -0.3 is 20.1 Å². The fourth-order valence-electron chi connectivity index (χ4n) is 2.62. The molecule has 2 rings (SSSR count). The van der Waals surface area contributed by atoms with E-state index in [1.54, 1.807) is 27.3 Å². The van der Waals surface area contributed by atoms with Crippen molar-refractivity contribution in [3.63, 3.8) is 0 Å². The van der Waals surface area contributed by atoms with Crippen LogP contribution >= 0.6 is 11.6 Å². The summed E-state index contributed by atoms with van der Waals surface area (Å²) in [5.41, 5.74) is 2.03. The van der Waals surface area contributed by atoms with Crippen LogP contribution in [0.3, 0.4) is 0 Å². The van der Waals surface area contributed by atoms with Crippen molar-refractivity contribution in [2.45, 2.75) is 12.8 Å². The molecule has 0 aliphatic rings. The number of hydrogen-bond donors (Lipinski definition) is 2. The van der Waals surface area contributed by atoms with Gasteiger partial charge in [0.1, 0.15) is 5.82 Å². The predicted octanol–water partition coefficient (Wildman–Crippen LogP) is 3.45. The Labute approximate surface area is 164 Å². The normalized spacial score (nSPS) is 11.2. The van der Waals surface area contributed by atoms with E-state index in [0.717, 1.165) is 17.5 Å². The van der Waals surface area contributed by atoms with Crippen molar-refractivity contribution in [2.75, 3.05) is 34.4 Å². The van der Waals surface area contributed by atoms with Gasteiger partial charge in [-0.25, -0.2) is 4.39 Å². The number of guanidine groups is 1. The summed E-state index contributed by atoms with van der Waals surface area (Å²) in [5, 5.41) is 6.93. The topological polar surface area (TPSA) is 54.9 Å². The third kappa shape index (κ3) is 6.32. The van der Waals surface area contributed by atoms with Crippen molar-refractivity contribution in [2.24, 2.45) is 4.99 Å². The molecule has 0 saturated heterocycles. The van der Waals surface area contributed by atoms with Crippen LogP contribution in [0.4, 0.5) is 4.39 Å². The fraction of sp³-hybridized carbons (Fsp3) is 0.350. The van der Waals surface area contributed by atoms with Crippen LogP contribution in [0.1, 0.15) is 11.1 Å². The Hall–Kier alpha value is -2.47. The highest BCUT2D eigenvalue weighted by Gasteiger charge is 2.06. The maximum atomic E-state index is 13.1. The number of rotatable bonds is 8. The van der Waals surface area contributed by atoms with Gasteiger partial charge in [-0.2, -0.15) is 0 Å². The summed E-state index contributed by atoms with van der Waals surface area (Å²) in [6.07, 6.45) is 1.49. The highest BCUT2D eigenvalue weighted by molar-refractivity contribution is 6.31. The number of nitrogens with one attached hydrogen (secondary N) is 2. The lowest BCUT2D eigenvalue weighted by Crippen LogP contribution is -2.39. The fourth-order valence-corrected chi connectivity index (χ4v) is 2.88. The highest BCUT2D eigenvalue weighted by Crippen LogP contribution is 2.27. The van der Waals surface area contributed by atoms with Crippen LogP contribution in [0.5, 0.6) is 11.5 Å². The molecule has 2 aromatic carbocycles. The van der Waals surface area contributed by atoms with E-state index in [1.807, 2.05) is 18.2 Å². The van der Waals surface area contributed by atoms with Crippen molar-refractivity contribution in [1.82, 2.24) is 10.6 Å². The Morgan fingerprint density at radius 2 is 1.70 bits per heavy atom. The van der Waals surface area contributed by atoms with E-state index in [0.29, 0.717) is 42.0 Å². The molecular weight excluding hydrogens is 369 g/mol. The molecule has 146 valence electrons. The lowest BCUT2D eigenvalue weighted by Gasteiger charge is -2.13. The van der Waals surface area contributed by atoms with E-state index in [-0.39, 0.29) is 5.82 Å². The summed E-state index contributed by atoms with van der Waals surface area (Å²) in [5.74, 6) is 1.80. The minimum absolute atomic E-state index is 0.329. The van der Waals surface area contributed by atoms with E-state index < -0.39 is 0 Å². The van der Waals surface area contributed by atoms with E-state index in [9.17, 15) is 4.39 Å². The second kappa shape index (κ2) is 10.6. The summed E-state index contributed by atoms with van der Waals surface area (Å²) >= 11 is 6.04. The molecule has 0 aliphatic heterocycles. The maximum Gasteiger partial charge on any atom is 0.190 e. The van der Waals surface area contributed by atoms with Gasteiger partial charge in [0.15, 0.2) is 17.5 Å². The molecule has 0 spiro atoms. The zero-order valence-corrected chi connectivity index (χ0v) is 16.6. The van der Waals surface area contributed by atoms with Crippen molar-refractivity contribution in [3.8, 4) is 11.5 Å². The van der Waals surface area contributed by atoms with E-state index in [1.165, 1.54) is 12.1 Å². The molecule has 7 heteroatoms. The first kappa shape index (κ1) is 20.8. The summed E-state index contributed by atoms with van der Waals surface area (Å²) in [4.78, 5) is 4.20. The number of halogens is 2. The lowest BCUT2D eigenvalue weighted by atomic mass is 10.1. The molecule has 0 atom stereocenters. The Bertz CT molecular complexity index is 784. The number of ether oxygens (including phenoxy) is 2. The lowest BCUT2D eigenvalue weighted by molar-refractivity contribution is 0.354. The largest absolute Gasteiger partial charge is 0.493 e. The average Bonchev–Trinajstić information content (AvgIpc) is 2.68. The predicted molar refractivity (Wildman–Crippen MR) is 108 cm³/mol. The molecule has 27 heavy (non-hydrogen) atoms. The standard InChI is InChI=1S/C20H25ClFN3O2/c1-23-20(25-11-9-15-5-6-16(22)13-17(15)21)24-10-8-14-4-7-18(26-2)19(12-14)27-3/h4-7,12-13H,8-11H2,1-3H3,(H2,23,24,25). The van der Waals surface area contributed by atoms with Crippen LogP contribution in [0.25, 0.3) is 0 Å². The van der Waals surface area contributed by atoms with Gasteiger partial charge in [-0.05, 0) is 48.2 Å². The summed E-state index contributed by atoms with van der Waals surface area (Å²) < 4.78 is 23.6. The highest BCUT2D eigenvalue weighted by atomic mass is 35.5. The molecule has 0 radical (unpaired) electrons. The maximum absolute atomic E-state index is 13.1. The zero-order valence-electron chi connectivity index (χ0n) is 15.8. The minimum Gasteiger partial charge on any atom is -0.493 e. The second-order valence-electron chi connectivity index (χ2n) is 5.85. The smallest absolute Gasteiger partial charge is 0.190 e. The van der Waals surface area contributed by atoms with Crippen LogP contribution in [-0.2, 0) is 12.8 Å². The molecule has 0 fully saturated rings. The Kier molecular flexibility index (Phi) is 8.20. The quantitative estimate of drug-likeness (QED) is 0.533. The van der Waals surface area contributed by atoms with Gasteiger partial charge in [0.2, 0.25) is 0 Å². The van der Waals surface area contributed by atoms with Crippen LogP contribution in [0.2, 0.25) is 5.02 Å². The first-order chi connectivity index (χ1) is 13.1. The molecule has 0 amide bonds. The van der Waals surface area contributed by atoms with Crippen molar-refractivity contribution >= 4 is 17.6 Å². The average molecular weight is 394 g/mol. The monoisotopic (exact) mass is 393 g/mol. The number of aliphatic imine (C=N–C) groups is 1. The molecule has 0 heterocycles. The van der Waals surface area contributed by atoms with Crippen molar-refractivity contribution < 1.29 is 13.9 Å². The summed E-state index contributed by atoms with van der Waals surface area (Å²) in [6, 6.07) is 10.3. The second-order valence-corrected chi connectivity index (χ2v) is 6.26. The third-order valence-electron chi connectivity index (χ3n) is 4.08. The zero-order chi connectivity index (χ0) is 19.6. The van der Waals surface area contributed by atoms with Crippen LogP contribution in [-0.4, -0.2) is 40.3 Å². The molecule has 0 aliphatic carbocycles. The molecule has 2 N–H and O–H groups in total. The van der Waals surface area contributed by atoms with Crippen LogP contribution in [0.15, 0.2) is 41.4 Å². The minimum atomic E-state index is -0.329. The molecule has 2 aromatic rings. The van der Waals surface area contributed by atoms with E-state index in [4.69, 9.17) is 21.1 Å². The van der Waals surface area contributed by atoms with E-state index in [2.05, 4.69) is 15.6 Å². The Balaban J connectivity index is 1.78. The summed E-state index contributed by atoms with van der Waals surface area (Å²) in [6.45, 7) is 1.36. The van der Waals surface area contributed by atoms with Crippen molar-refractivity contribution in [3.05, 3.63) is 58.4 Å². The van der Waals surface area contributed by atoms with Gasteiger partial charge in [0.05, 0.1) is 14.2 Å². The van der Waals surface area contributed by atoms with Gasteiger partial charge in [0, 0.05) is 25.2 Å². The number of nitrogens with zero attached hydrogens (tertiary/aromatic N) is 1. The van der Waals surface area contributed by atoms with Crippen LogP contribution < -0.4 is 20.1 Å². The van der Waals surface area contributed by atoms with Crippen molar-refractivity contribution in [1.29, 1.82) is 0 Å². The molecule has 0 unspecified atom stereocenters. The first-order valence-electron chi connectivity index (χ1n) is 8.66. The number of benzene rings is 2. The molecule has 0 bridgehead atoms. The van der Waals surface area contributed by atoms with Gasteiger partial charge >= 0.3 is 0 Å². The van der Waals surface area contributed by atoms with Gasteiger partial charge in [-0.3, -0.25) is 4.99 Å². The SMILES string of the molecule is CN=C(NCCc1ccc(OC)c(OC)c1)NCCc1ccc(F)cc1Cl. The van der Waals surface area contributed by atoms with Gasteiger partial charge in [0.25, 0.3) is 0 Å². The van der Waals surface area contributed by atoms with Crippen LogP contribution in [0, 0.1) is 5.82 Å². The number of methoxy groups -OCH3 is 2.